The summed E-state index contributed by atoms with van der Waals surface area (Å²) in [6.07, 6.45) is 0. The normalized spacial score (nSPS) is 11.2. The molecule has 9 heteroatoms. The Morgan fingerprint density at radius 1 is 1.17 bits per heavy atom. The van der Waals surface area contributed by atoms with Crippen molar-refractivity contribution in [3.8, 4) is 5.75 Å². The predicted octanol–water partition coefficient (Wildman–Crippen LogP) is 4.79. The number of nitrogens with one attached hydrogen (secondary N) is 1. The smallest absolute Gasteiger partial charge is 0.263 e. The van der Waals surface area contributed by atoms with Gasteiger partial charge < -0.3 is 9.64 Å². The van der Waals surface area contributed by atoms with Gasteiger partial charge in [-0.2, -0.15) is 0 Å². The number of thiophene rings is 1. The van der Waals surface area contributed by atoms with E-state index in [1.165, 1.54) is 25.3 Å². The van der Waals surface area contributed by atoms with Crippen LogP contribution < -0.4 is 9.46 Å². The van der Waals surface area contributed by atoms with Crippen molar-refractivity contribution in [1.29, 1.82) is 0 Å². The first-order chi connectivity index (χ1) is 14.2. The van der Waals surface area contributed by atoms with Gasteiger partial charge in [0.2, 0.25) is 0 Å². The molecule has 158 valence electrons. The van der Waals surface area contributed by atoms with Crippen molar-refractivity contribution < 1.29 is 17.9 Å². The standard InChI is InChI=1S/C21H21ClN2O4S2/c1-14-10-11-29-19(14)13-24(2)21(25)15-4-9-18(22)20(12-15)30(26,27)23-16-5-7-17(28-3)8-6-16/h4-12,23H,13H2,1-3H3. The van der Waals surface area contributed by atoms with Gasteiger partial charge in [0, 0.05) is 23.2 Å². The highest BCUT2D eigenvalue weighted by molar-refractivity contribution is 7.92. The minimum atomic E-state index is -3.99. The van der Waals surface area contributed by atoms with Crippen LogP contribution in [0, 0.1) is 6.92 Å². The molecule has 0 unspecified atom stereocenters. The molecule has 0 saturated carbocycles. The molecule has 0 saturated heterocycles. The number of methoxy groups -OCH3 is 1. The lowest BCUT2D eigenvalue weighted by Gasteiger charge is -2.18. The fourth-order valence-corrected chi connectivity index (χ4v) is 5.33. The first kappa shape index (κ1) is 22.1. The molecule has 1 aromatic heterocycles. The largest absolute Gasteiger partial charge is 0.497 e. The summed E-state index contributed by atoms with van der Waals surface area (Å²) in [7, 11) is -0.787. The van der Waals surface area contributed by atoms with Gasteiger partial charge in [-0.25, -0.2) is 8.42 Å². The summed E-state index contributed by atoms with van der Waals surface area (Å²) in [5.41, 5.74) is 1.71. The number of halogens is 1. The van der Waals surface area contributed by atoms with Gasteiger partial charge in [0.1, 0.15) is 10.6 Å². The Balaban J connectivity index is 1.84. The summed E-state index contributed by atoms with van der Waals surface area (Å²) >= 11 is 7.73. The zero-order valence-electron chi connectivity index (χ0n) is 16.7. The first-order valence-electron chi connectivity index (χ1n) is 8.96. The Morgan fingerprint density at radius 3 is 2.47 bits per heavy atom. The van der Waals surface area contributed by atoms with Crippen LogP contribution >= 0.6 is 22.9 Å². The summed E-state index contributed by atoms with van der Waals surface area (Å²) in [6, 6.07) is 12.7. The number of nitrogens with zero attached hydrogens (tertiary/aromatic N) is 1. The van der Waals surface area contributed by atoms with Crippen molar-refractivity contribution >= 4 is 44.6 Å². The molecule has 2 aromatic carbocycles. The molecule has 0 bridgehead atoms. The molecule has 0 aliphatic carbocycles. The minimum Gasteiger partial charge on any atom is -0.497 e. The number of aryl methyl sites for hydroxylation is 1. The molecule has 1 amide bonds. The topological polar surface area (TPSA) is 75.7 Å². The monoisotopic (exact) mass is 464 g/mol. The molecule has 3 rings (SSSR count). The third kappa shape index (κ3) is 4.95. The molecular formula is C21H21ClN2O4S2. The number of sulfonamides is 1. The quantitative estimate of drug-likeness (QED) is 0.545. The average molecular weight is 465 g/mol. The lowest BCUT2D eigenvalue weighted by Crippen LogP contribution is -2.26. The number of hydrogen-bond acceptors (Lipinski definition) is 5. The summed E-state index contributed by atoms with van der Waals surface area (Å²) in [4.78, 5) is 15.3. The second-order valence-electron chi connectivity index (χ2n) is 6.67. The van der Waals surface area contributed by atoms with Crippen molar-refractivity contribution in [2.24, 2.45) is 0 Å². The lowest BCUT2D eigenvalue weighted by atomic mass is 10.2. The van der Waals surface area contributed by atoms with Gasteiger partial charge in [-0.15, -0.1) is 11.3 Å². The molecule has 0 spiro atoms. The van der Waals surface area contributed by atoms with Crippen molar-refractivity contribution in [2.75, 3.05) is 18.9 Å². The summed E-state index contributed by atoms with van der Waals surface area (Å²) in [6.45, 7) is 2.43. The molecule has 1 N–H and O–H groups in total. The van der Waals surface area contributed by atoms with Crippen LogP contribution in [0.15, 0.2) is 58.8 Å². The molecule has 0 aliphatic heterocycles. The highest BCUT2D eigenvalue weighted by Crippen LogP contribution is 2.27. The Hall–Kier alpha value is -2.55. The van der Waals surface area contributed by atoms with E-state index in [0.717, 1.165) is 10.4 Å². The van der Waals surface area contributed by atoms with Crippen LogP contribution in [0.3, 0.4) is 0 Å². The third-order valence-electron chi connectivity index (χ3n) is 4.51. The summed E-state index contributed by atoms with van der Waals surface area (Å²) in [5, 5.41) is 2.00. The number of benzene rings is 2. The average Bonchev–Trinajstić information content (AvgIpc) is 3.12. The second kappa shape index (κ2) is 9.07. The van der Waals surface area contributed by atoms with E-state index in [4.69, 9.17) is 16.3 Å². The van der Waals surface area contributed by atoms with Crippen molar-refractivity contribution in [3.05, 3.63) is 74.9 Å². The predicted molar refractivity (Wildman–Crippen MR) is 120 cm³/mol. The fourth-order valence-electron chi connectivity index (χ4n) is 2.79. The third-order valence-corrected chi connectivity index (χ3v) is 7.38. The van der Waals surface area contributed by atoms with E-state index >= 15 is 0 Å². The van der Waals surface area contributed by atoms with Gasteiger partial charge in [0.15, 0.2) is 0 Å². The molecule has 3 aromatic rings. The Kier molecular flexibility index (Phi) is 6.70. The minimum absolute atomic E-state index is 0.0318. The molecule has 6 nitrogen and oxygen atoms in total. The number of ether oxygens (including phenoxy) is 1. The first-order valence-corrected chi connectivity index (χ1v) is 11.7. The molecule has 0 atom stereocenters. The van der Waals surface area contributed by atoms with E-state index in [0.29, 0.717) is 18.0 Å². The van der Waals surface area contributed by atoms with E-state index < -0.39 is 10.0 Å². The maximum Gasteiger partial charge on any atom is 0.263 e. The van der Waals surface area contributed by atoms with E-state index in [9.17, 15) is 13.2 Å². The maximum atomic E-state index is 12.9. The maximum absolute atomic E-state index is 12.9. The second-order valence-corrected chi connectivity index (χ2v) is 9.73. The van der Waals surface area contributed by atoms with Gasteiger partial charge in [0.25, 0.3) is 15.9 Å². The van der Waals surface area contributed by atoms with Gasteiger partial charge in [-0.3, -0.25) is 9.52 Å². The number of carbonyl (C=O) groups is 1. The fraction of sp³-hybridized carbons (Fsp3) is 0.190. The lowest BCUT2D eigenvalue weighted by molar-refractivity contribution is 0.0786. The van der Waals surface area contributed by atoms with Crippen LogP contribution in [0.25, 0.3) is 0 Å². The van der Waals surface area contributed by atoms with Crippen LogP contribution in [0.2, 0.25) is 5.02 Å². The molecule has 0 aliphatic rings. The Labute approximate surface area is 185 Å². The number of carbonyl (C=O) groups excluding carboxylic acids is 1. The number of amides is 1. The number of rotatable bonds is 7. The SMILES string of the molecule is COc1ccc(NS(=O)(=O)c2cc(C(=O)N(C)Cc3sccc3C)ccc2Cl)cc1. The van der Waals surface area contributed by atoms with E-state index in [1.54, 1.807) is 47.5 Å². The van der Waals surface area contributed by atoms with Crippen LogP contribution in [0.4, 0.5) is 5.69 Å². The highest BCUT2D eigenvalue weighted by atomic mass is 35.5. The van der Waals surface area contributed by atoms with Crippen LogP contribution in [0.1, 0.15) is 20.8 Å². The van der Waals surface area contributed by atoms with E-state index in [1.807, 2.05) is 18.4 Å². The van der Waals surface area contributed by atoms with Gasteiger partial charge in [0.05, 0.1) is 18.7 Å². The summed E-state index contributed by atoms with van der Waals surface area (Å²) in [5.74, 6) is 0.313. The van der Waals surface area contributed by atoms with Crippen molar-refractivity contribution in [2.45, 2.75) is 18.4 Å². The van der Waals surface area contributed by atoms with Crippen molar-refractivity contribution in [3.63, 3.8) is 0 Å². The molecule has 30 heavy (non-hydrogen) atoms. The van der Waals surface area contributed by atoms with Gasteiger partial charge >= 0.3 is 0 Å². The van der Waals surface area contributed by atoms with Gasteiger partial charge in [-0.1, -0.05) is 11.6 Å². The number of anilines is 1. The summed E-state index contributed by atoms with van der Waals surface area (Å²) < 4.78 is 33.3. The number of hydrogen-bond donors (Lipinski definition) is 1. The zero-order valence-corrected chi connectivity index (χ0v) is 19.1. The zero-order chi connectivity index (χ0) is 21.9. The van der Waals surface area contributed by atoms with Crippen LogP contribution in [-0.2, 0) is 16.6 Å². The van der Waals surface area contributed by atoms with Gasteiger partial charge in [-0.05, 0) is 66.4 Å². The highest BCUT2D eigenvalue weighted by Gasteiger charge is 2.22. The molecule has 1 heterocycles. The molecular weight excluding hydrogens is 444 g/mol. The Morgan fingerprint density at radius 2 is 1.87 bits per heavy atom. The van der Waals surface area contributed by atoms with E-state index in [-0.39, 0.29) is 21.4 Å². The van der Waals surface area contributed by atoms with Crippen LogP contribution in [-0.4, -0.2) is 33.4 Å². The van der Waals surface area contributed by atoms with Crippen molar-refractivity contribution in [1.82, 2.24) is 4.90 Å². The molecule has 0 radical (unpaired) electrons. The molecule has 0 fully saturated rings. The Bertz CT molecular complexity index is 1160. The van der Waals surface area contributed by atoms with Crippen LogP contribution in [0.5, 0.6) is 5.75 Å². The van der Waals surface area contributed by atoms with E-state index in [2.05, 4.69) is 4.72 Å².